The zero-order valence-corrected chi connectivity index (χ0v) is 23.1. The molecule has 1 aliphatic rings. The van der Waals surface area contributed by atoms with Crippen LogP contribution in [0.15, 0.2) is 59.6 Å². The van der Waals surface area contributed by atoms with Crippen LogP contribution in [0.25, 0.3) is 0 Å². The Balaban J connectivity index is 0.00000441. The van der Waals surface area contributed by atoms with Crippen LogP contribution < -0.4 is 15.4 Å². The quantitative estimate of drug-likeness (QED) is 0.295. The number of rotatable bonds is 10. The summed E-state index contributed by atoms with van der Waals surface area (Å²) in [5.74, 6) is -0.407. The zero-order valence-electron chi connectivity index (χ0n) is 21.5. The Morgan fingerprint density at radius 3 is 2.05 bits per heavy atom. The number of nitrogens with zero attached hydrogens (tertiary/aromatic N) is 3. The van der Waals surface area contributed by atoms with Crippen LogP contribution in [-0.2, 0) is 36.2 Å². The molecule has 0 atom stereocenters. The third kappa shape index (κ3) is 7.79. The number of benzene rings is 2. The molecule has 0 aliphatic heterocycles. The van der Waals surface area contributed by atoms with Crippen LogP contribution in [0, 0.1) is 6.92 Å². The van der Waals surface area contributed by atoms with Gasteiger partial charge in [0.1, 0.15) is 5.82 Å². The first-order chi connectivity index (χ1) is 18.3. The monoisotopic (exact) mass is 596 g/mol. The first-order valence-electron chi connectivity index (χ1n) is 12.0. The Hall–Kier alpha value is -3.04. The van der Waals surface area contributed by atoms with Crippen molar-refractivity contribution in [2.24, 2.45) is 0 Å². The molecule has 0 unspecified atom stereocenters. The van der Waals surface area contributed by atoms with Gasteiger partial charge in [-0.15, -0.1) is 0 Å². The van der Waals surface area contributed by atoms with Crippen molar-refractivity contribution in [1.29, 1.82) is 0 Å². The van der Waals surface area contributed by atoms with Gasteiger partial charge in [-0.3, -0.25) is 9.59 Å². The predicted octanol–water partition coefficient (Wildman–Crippen LogP) is 2.29. The summed E-state index contributed by atoms with van der Waals surface area (Å²) in [7, 11) is -7.57. The summed E-state index contributed by atoms with van der Waals surface area (Å²) in [6, 6.07) is 12.8. The topological polar surface area (TPSA) is 168 Å². The van der Waals surface area contributed by atoms with Gasteiger partial charge in [-0.2, -0.15) is 4.98 Å². The van der Waals surface area contributed by atoms with E-state index in [0.29, 0.717) is 35.6 Å². The van der Waals surface area contributed by atoms with Gasteiger partial charge in [0, 0.05) is 37.0 Å². The van der Waals surface area contributed by atoms with Gasteiger partial charge in [0.15, 0.2) is 0 Å². The summed E-state index contributed by atoms with van der Waals surface area (Å²) in [6.07, 6.45) is 2.78. The van der Waals surface area contributed by atoms with Crippen molar-refractivity contribution in [1.82, 2.24) is 19.0 Å². The van der Waals surface area contributed by atoms with E-state index in [0.717, 1.165) is 16.8 Å². The molecule has 1 heterocycles. The van der Waals surface area contributed by atoms with Gasteiger partial charge in [-0.1, -0.05) is 12.1 Å². The molecule has 3 N–H and O–H groups in total. The number of carbonyl (C=O) groups is 2. The number of aryl methyl sites for hydroxylation is 1. The Kier molecular flexibility index (Phi) is 9.95. The van der Waals surface area contributed by atoms with Gasteiger partial charge < -0.3 is 10.6 Å². The molecule has 208 valence electrons. The molecule has 1 aliphatic carbocycles. The first kappa shape index (κ1) is 31.5. The van der Waals surface area contributed by atoms with E-state index in [4.69, 9.17) is 0 Å². The molecule has 1 saturated carbocycles. The maximum atomic E-state index is 12.6. The van der Waals surface area contributed by atoms with E-state index in [-0.39, 0.29) is 46.9 Å². The summed E-state index contributed by atoms with van der Waals surface area (Å²) < 4.78 is 52.2. The van der Waals surface area contributed by atoms with Gasteiger partial charge >= 0.3 is 29.6 Å². The molecule has 3 aromatic rings. The van der Waals surface area contributed by atoms with Crippen molar-refractivity contribution in [2.75, 3.05) is 10.6 Å². The second-order valence-corrected chi connectivity index (χ2v) is 12.9. The van der Waals surface area contributed by atoms with E-state index in [1.54, 1.807) is 30.5 Å². The fourth-order valence-electron chi connectivity index (χ4n) is 3.65. The second kappa shape index (κ2) is 12.6. The van der Waals surface area contributed by atoms with Gasteiger partial charge in [0.05, 0.1) is 16.7 Å². The molecule has 4 rings (SSSR count). The summed E-state index contributed by atoms with van der Waals surface area (Å²) in [4.78, 5) is 31.8. The van der Waals surface area contributed by atoms with Gasteiger partial charge in [-0.25, -0.2) is 30.8 Å². The molecule has 1 aromatic heterocycles. The zero-order chi connectivity index (χ0) is 28.4. The Morgan fingerprint density at radius 1 is 0.925 bits per heavy atom. The molecular weight excluding hydrogens is 567 g/mol. The number of carbonyl (C=O) groups excluding carboxylic acids is 2. The van der Waals surface area contributed by atoms with Gasteiger partial charge in [0.2, 0.25) is 27.8 Å². The van der Waals surface area contributed by atoms with Crippen LogP contribution in [-0.4, -0.2) is 77.7 Å². The van der Waals surface area contributed by atoms with Crippen molar-refractivity contribution < 1.29 is 26.4 Å². The molecule has 2 aromatic carbocycles. The van der Waals surface area contributed by atoms with E-state index in [1.165, 1.54) is 31.2 Å². The number of aromatic nitrogens is 2. The molecule has 15 heteroatoms. The standard InChI is InChI=1S/C25H28N6O6S2.Na.H/c1-16-14-26-25(28-21-8-10-22(11-9-21)38(34,35)30-17(2)32)29-24(16)27-20-6-4-19(5-7-20)15-31(18(3)33)39(36,37)23-12-13-23;;/h4-11,14,23H,12-13,15H2,1-3H3,(H,30,32)(H2,26,27,28,29);;. The molecule has 2 amide bonds. The van der Waals surface area contributed by atoms with Crippen LogP contribution in [0.5, 0.6) is 0 Å². The van der Waals surface area contributed by atoms with E-state index < -0.39 is 37.1 Å². The Labute approximate surface area is 255 Å². The van der Waals surface area contributed by atoms with Crippen molar-refractivity contribution in [3.8, 4) is 0 Å². The summed E-state index contributed by atoms with van der Waals surface area (Å²) >= 11 is 0. The van der Waals surface area contributed by atoms with E-state index in [1.807, 2.05) is 11.6 Å². The van der Waals surface area contributed by atoms with E-state index in [2.05, 4.69) is 20.6 Å². The molecule has 0 spiro atoms. The van der Waals surface area contributed by atoms with Crippen LogP contribution in [0.4, 0.5) is 23.1 Å². The van der Waals surface area contributed by atoms with Crippen LogP contribution >= 0.6 is 0 Å². The van der Waals surface area contributed by atoms with Crippen molar-refractivity contribution in [3.63, 3.8) is 0 Å². The Bertz CT molecular complexity index is 1610. The first-order valence-corrected chi connectivity index (χ1v) is 15.0. The predicted molar refractivity (Wildman–Crippen MR) is 153 cm³/mol. The summed E-state index contributed by atoms with van der Waals surface area (Å²) in [6.45, 7) is 4.17. The van der Waals surface area contributed by atoms with Crippen molar-refractivity contribution in [2.45, 2.75) is 50.3 Å². The minimum atomic E-state index is -3.94. The third-order valence-corrected chi connectivity index (χ3v) is 9.58. The fraction of sp³-hybridized carbons (Fsp3) is 0.280. The molecule has 40 heavy (non-hydrogen) atoms. The molecule has 0 radical (unpaired) electrons. The molecule has 12 nitrogen and oxygen atoms in total. The number of nitrogens with one attached hydrogen (secondary N) is 3. The molecule has 0 bridgehead atoms. The van der Waals surface area contributed by atoms with E-state index >= 15 is 0 Å². The van der Waals surface area contributed by atoms with Gasteiger partial charge in [-0.05, 0) is 61.7 Å². The fourth-order valence-corrected chi connectivity index (χ4v) is 6.42. The Morgan fingerprint density at radius 2 is 1.50 bits per heavy atom. The minimum absolute atomic E-state index is 0. The maximum absolute atomic E-state index is 12.6. The number of sulfonamides is 2. The normalized spacial score (nSPS) is 13.1. The summed E-state index contributed by atoms with van der Waals surface area (Å²) in [5, 5.41) is 5.73. The van der Waals surface area contributed by atoms with Crippen LogP contribution in [0.3, 0.4) is 0 Å². The summed E-state index contributed by atoms with van der Waals surface area (Å²) in [5.41, 5.74) is 2.66. The van der Waals surface area contributed by atoms with Crippen molar-refractivity contribution in [3.05, 3.63) is 65.9 Å². The SMILES string of the molecule is CC(=O)NS(=O)(=O)c1ccc(Nc2ncc(C)c(Nc3ccc(CN(C(C)=O)S(=O)(=O)C4CC4)cc3)n2)cc1.[NaH]. The van der Waals surface area contributed by atoms with Gasteiger partial charge in [0.25, 0.3) is 10.0 Å². The average molecular weight is 597 g/mol. The van der Waals surface area contributed by atoms with Crippen LogP contribution in [0.1, 0.15) is 37.8 Å². The molecular formula is C25H29N6NaO6S2. The van der Waals surface area contributed by atoms with E-state index in [9.17, 15) is 26.4 Å². The second-order valence-electron chi connectivity index (χ2n) is 9.13. The number of anilines is 4. The number of hydrogen-bond donors (Lipinski definition) is 3. The number of amides is 2. The molecule has 1 fully saturated rings. The number of hydrogen-bond acceptors (Lipinski definition) is 10. The third-order valence-electron chi connectivity index (χ3n) is 5.82. The van der Waals surface area contributed by atoms with Crippen molar-refractivity contribution >= 4 is 84.6 Å². The molecule has 0 saturated heterocycles. The van der Waals surface area contributed by atoms with Crippen LogP contribution in [0.2, 0.25) is 0 Å². The average Bonchev–Trinajstić information content (AvgIpc) is 3.71.